The lowest BCUT2D eigenvalue weighted by Gasteiger charge is -2.32. The Balaban J connectivity index is 2.16. The highest BCUT2D eigenvalue weighted by molar-refractivity contribution is 6.30. The molecule has 1 saturated heterocycles. The maximum absolute atomic E-state index is 5.96. The van der Waals surface area contributed by atoms with E-state index in [4.69, 9.17) is 16.3 Å². The minimum Gasteiger partial charge on any atom is -0.381 e. The van der Waals surface area contributed by atoms with Crippen molar-refractivity contribution in [3.05, 3.63) is 16.3 Å². The van der Waals surface area contributed by atoms with Crippen LogP contribution in [0, 0.1) is 13.8 Å². The van der Waals surface area contributed by atoms with Crippen molar-refractivity contribution in [2.24, 2.45) is 0 Å². The molecule has 0 atom stereocenters. The van der Waals surface area contributed by atoms with E-state index in [1.165, 1.54) is 0 Å². The molecule has 1 fully saturated rings. The molecule has 4 nitrogen and oxygen atoms in total. The number of ether oxygens (including phenoxy) is 1. The SMILES string of the molecule is COC1CCN(c2nnc(Cl)c(C)c2C)CC1. The van der Waals surface area contributed by atoms with E-state index in [2.05, 4.69) is 15.1 Å². The monoisotopic (exact) mass is 255 g/mol. The van der Waals surface area contributed by atoms with Crippen molar-refractivity contribution >= 4 is 17.4 Å². The second-order valence-electron chi connectivity index (χ2n) is 4.49. The molecule has 2 rings (SSSR count). The third-order valence-corrected chi connectivity index (χ3v) is 3.87. The highest BCUT2D eigenvalue weighted by Gasteiger charge is 2.22. The van der Waals surface area contributed by atoms with Crippen LogP contribution in [0.3, 0.4) is 0 Å². The summed E-state index contributed by atoms with van der Waals surface area (Å²) in [5.41, 5.74) is 2.14. The summed E-state index contributed by atoms with van der Waals surface area (Å²) in [7, 11) is 1.78. The average molecular weight is 256 g/mol. The molecule has 0 N–H and O–H groups in total. The van der Waals surface area contributed by atoms with Crippen molar-refractivity contribution < 1.29 is 4.74 Å². The van der Waals surface area contributed by atoms with Gasteiger partial charge in [-0.3, -0.25) is 0 Å². The Morgan fingerprint density at radius 1 is 1.18 bits per heavy atom. The molecule has 1 aliphatic rings. The van der Waals surface area contributed by atoms with E-state index in [-0.39, 0.29) is 0 Å². The highest BCUT2D eigenvalue weighted by Crippen LogP contribution is 2.26. The molecule has 0 radical (unpaired) electrons. The second-order valence-corrected chi connectivity index (χ2v) is 4.84. The molecule has 1 aromatic heterocycles. The zero-order chi connectivity index (χ0) is 12.4. The van der Waals surface area contributed by atoms with Crippen LogP contribution in [0.25, 0.3) is 0 Å². The summed E-state index contributed by atoms with van der Waals surface area (Å²) < 4.78 is 5.36. The average Bonchev–Trinajstić information content (AvgIpc) is 2.36. The molecule has 1 aliphatic heterocycles. The maximum Gasteiger partial charge on any atom is 0.155 e. The first-order valence-corrected chi connectivity index (χ1v) is 6.28. The van der Waals surface area contributed by atoms with Gasteiger partial charge in [0.25, 0.3) is 0 Å². The summed E-state index contributed by atoms with van der Waals surface area (Å²) >= 11 is 5.96. The molecule has 17 heavy (non-hydrogen) atoms. The summed E-state index contributed by atoms with van der Waals surface area (Å²) in [5.74, 6) is 0.960. The van der Waals surface area contributed by atoms with Crippen LogP contribution in [0.2, 0.25) is 5.15 Å². The van der Waals surface area contributed by atoms with E-state index in [0.29, 0.717) is 11.3 Å². The van der Waals surface area contributed by atoms with Gasteiger partial charge in [-0.05, 0) is 37.8 Å². The minimum atomic E-state index is 0.382. The number of hydrogen-bond donors (Lipinski definition) is 0. The fourth-order valence-electron chi connectivity index (χ4n) is 2.17. The Hall–Kier alpha value is -0.870. The van der Waals surface area contributed by atoms with Gasteiger partial charge in [0.05, 0.1) is 6.10 Å². The van der Waals surface area contributed by atoms with Crippen LogP contribution >= 0.6 is 11.6 Å². The maximum atomic E-state index is 5.96. The van der Waals surface area contributed by atoms with E-state index >= 15 is 0 Å². The van der Waals surface area contributed by atoms with Crippen molar-refractivity contribution in [1.29, 1.82) is 0 Å². The first kappa shape index (κ1) is 12.6. The van der Waals surface area contributed by atoms with E-state index in [1.54, 1.807) is 7.11 Å². The summed E-state index contributed by atoms with van der Waals surface area (Å²) in [5, 5.41) is 8.71. The van der Waals surface area contributed by atoms with Gasteiger partial charge in [-0.25, -0.2) is 0 Å². The first-order chi connectivity index (χ1) is 8.13. The van der Waals surface area contributed by atoms with E-state index < -0.39 is 0 Å². The molecule has 0 amide bonds. The third kappa shape index (κ3) is 2.53. The van der Waals surface area contributed by atoms with Gasteiger partial charge in [0.1, 0.15) is 0 Å². The van der Waals surface area contributed by atoms with Crippen LogP contribution in [0.5, 0.6) is 0 Å². The lowest BCUT2D eigenvalue weighted by molar-refractivity contribution is 0.0817. The number of piperidine rings is 1. The summed E-state index contributed by atoms with van der Waals surface area (Å²) in [6.45, 7) is 5.97. The quantitative estimate of drug-likeness (QED) is 0.813. The number of anilines is 1. The second kappa shape index (κ2) is 5.19. The van der Waals surface area contributed by atoms with Crippen LogP contribution < -0.4 is 4.90 Å². The zero-order valence-electron chi connectivity index (χ0n) is 10.5. The van der Waals surface area contributed by atoms with Gasteiger partial charge in [0.2, 0.25) is 0 Å². The van der Waals surface area contributed by atoms with Crippen LogP contribution in [0.4, 0.5) is 5.82 Å². The molecular weight excluding hydrogens is 238 g/mol. The fraction of sp³-hybridized carbons (Fsp3) is 0.667. The number of aromatic nitrogens is 2. The van der Waals surface area contributed by atoms with Gasteiger partial charge in [-0.1, -0.05) is 11.6 Å². The van der Waals surface area contributed by atoms with Crippen molar-refractivity contribution in [3.63, 3.8) is 0 Å². The molecule has 0 aliphatic carbocycles. The van der Waals surface area contributed by atoms with E-state index in [1.807, 2.05) is 13.8 Å². The lowest BCUT2D eigenvalue weighted by Crippen LogP contribution is -2.37. The van der Waals surface area contributed by atoms with Crippen molar-refractivity contribution in [2.75, 3.05) is 25.1 Å². The largest absolute Gasteiger partial charge is 0.381 e. The van der Waals surface area contributed by atoms with Gasteiger partial charge in [0.15, 0.2) is 11.0 Å². The molecule has 5 heteroatoms. The molecule has 0 bridgehead atoms. The van der Waals surface area contributed by atoms with Gasteiger partial charge >= 0.3 is 0 Å². The predicted molar refractivity (Wildman–Crippen MR) is 68.8 cm³/mol. The summed E-state index contributed by atoms with van der Waals surface area (Å²) in [4.78, 5) is 2.27. The normalized spacial score (nSPS) is 17.5. The van der Waals surface area contributed by atoms with Gasteiger partial charge in [-0.2, -0.15) is 0 Å². The zero-order valence-corrected chi connectivity index (χ0v) is 11.3. The number of rotatable bonds is 2. The number of halogens is 1. The van der Waals surface area contributed by atoms with Crippen LogP contribution in [0.1, 0.15) is 24.0 Å². The number of hydrogen-bond acceptors (Lipinski definition) is 4. The smallest absolute Gasteiger partial charge is 0.155 e. The summed E-state index contributed by atoms with van der Waals surface area (Å²) in [6, 6.07) is 0. The van der Waals surface area contributed by atoms with E-state index in [0.717, 1.165) is 42.9 Å². The Morgan fingerprint density at radius 3 is 2.41 bits per heavy atom. The fourth-order valence-corrected chi connectivity index (χ4v) is 2.35. The standard InChI is InChI=1S/C12H18ClN3O/c1-8-9(2)12(15-14-11(8)13)16-6-4-10(17-3)5-7-16/h10H,4-7H2,1-3H3. The lowest BCUT2D eigenvalue weighted by atomic mass is 10.1. The van der Waals surface area contributed by atoms with E-state index in [9.17, 15) is 0 Å². The molecule has 0 saturated carbocycles. The van der Waals surface area contributed by atoms with Crippen LogP contribution in [0.15, 0.2) is 0 Å². The molecule has 94 valence electrons. The van der Waals surface area contributed by atoms with Crippen LogP contribution in [-0.4, -0.2) is 36.5 Å². The topological polar surface area (TPSA) is 38.2 Å². The first-order valence-electron chi connectivity index (χ1n) is 5.90. The molecule has 2 heterocycles. The molecule has 0 unspecified atom stereocenters. The Bertz CT molecular complexity index is 403. The Kier molecular flexibility index (Phi) is 3.84. The highest BCUT2D eigenvalue weighted by atomic mass is 35.5. The molecule has 1 aromatic rings. The van der Waals surface area contributed by atoms with Crippen molar-refractivity contribution in [1.82, 2.24) is 10.2 Å². The molecular formula is C12H18ClN3O. The Labute approximate surface area is 107 Å². The molecule has 0 spiro atoms. The summed E-state index contributed by atoms with van der Waals surface area (Å²) in [6.07, 6.45) is 2.46. The number of methoxy groups -OCH3 is 1. The Morgan fingerprint density at radius 2 is 1.82 bits per heavy atom. The van der Waals surface area contributed by atoms with Crippen LogP contribution in [-0.2, 0) is 4.74 Å². The number of nitrogens with zero attached hydrogens (tertiary/aromatic N) is 3. The van der Waals surface area contributed by atoms with Crippen molar-refractivity contribution in [2.45, 2.75) is 32.8 Å². The molecule has 0 aromatic carbocycles. The minimum absolute atomic E-state index is 0.382. The van der Waals surface area contributed by atoms with Crippen molar-refractivity contribution in [3.8, 4) is 0 Å². The van der Waals surface area contributed by atoms with Gasteiger partial charge in [0, 0.05) is 20.2 Å². The van der Waals surface area contributed by atoms with Gasteiger partial charge < -0.3 is 9.64 Å². The van der Waals surface area contributed by atoms with Gasteiger partial charge in [-0.15, -0.1) is 10.2 Å². The predicted octanol–water partition coefficient (Wildman–Crippen LogP) is 2.36. The third-order valence-electron chi connectivity index (χ3n) is 3.51.